The van der Waals surface area contributed by atoms with Crippen LogP contribution in [0.4, 0.5) is 10.1 Å². The zero-order chi connectivity index (χ0) is 20.3. The Morgan fingerprint density at radius 2 is 2.24 bits per heavy atom. The number of aromatic nitrogens is 2. The number of halogens is 1. The Morgan fingerprint density at radius 3 is 2.97 bits per heavy atom. The summed E-state index contributed by atoms with van der Waals surface area (Å²) in [5.41, 5.74) is 6.85. The second-order valence-electron chi connectivity index (χ2n) is 7.11. The van der Waals surface area contributed by atoms with Gasteiger partial charge in [0.1, 0.15) is 28.5 Å². The molecule has 2 atom stereocenters. The minimum atomic E-state index is -1.39. The van der Waals surface area contributed by atoms with E-state index >= 15 is 0 Å². The highest BCUT2D eigenvalue weighted by Crippen LogP contribution is 2.55. The highest BCUT2D eigenvalue weighted by Gasteiger charge is 2.60. The summed E-state index contributed by atoms with van der Waals surface area (Å²) in [7, 11) is 0.226. The van der Waals surface area contributed by atoms with Gasteiger partial charge in [-0.05, 0) is 31.0 Å². The number of fused-ring (bicyclic) bond motifs is 1. The van der Waals surface area contributed by atoms with Crippen LogP contribution in [0.1, 0.15) is 34.9 Å². The van der Waals surface area contributed by atoms with Gasteiger partial charge in [-0.2, -0.15) is 0 Å². The molecule has 2 aliphatic rings. The number of carbonyl (C=O) groups excluding carboxylic acids is 1. The molecule has 0 saturated heterocycles. The van der Waals surface area contributed by atoms with E-state index in [0.717, 1.165) is 0 Å². The number of guanidine groups is 1. The molecule has 3 aromatic rings. The van der Waals surface area contributed by atoms with Crippen molar-refractivity contribution in [3.63, 3.8) is 0 Å². The van der Waals surface area contributed by atoms with Gasteiger partial charge in [-0.15, -0.1) is 11.3 Å². The van der Waals surface area contributed by atoms with E-state index in [0.29, 0.717) is 23.5 Å². The lowest BCUT2D eigenvalue weighted by molar-refractivity contribution is 0.102. The maximum Gasteiger partial charge on any atom is 0.275 e. The molecule has 150 valence electrons. The van der Waals surface area contributed by atoms with E-state index in [2.05, 4.69) is 15.3 Å². The van der Waals surface area contributed by atoms with Crippen molar-refractivity contribution >= 4 is 44.8 Å². The molecule has 8 nitrogen and oxygen atoms in total. The standard InChI is InChI=1S/C18H17FN6O2S2/c1-24-16(20)23-14(18(4-5-18)29(24)27)11-8-10(2-3-12(11)19)21-15(26)13-9-25-6-7-28-17(25)22-13/h2-3,6-9,14H,4-5H2,1H3,(H2,20,23)(H,21,26). The van der Waals surface area contributed by atoms with Gasteiger partial charge in [0.2, 0.25) is 5.96 Å². The van der Waals surface area contributed by atoms with E-state index in [1.54, 1.807) is 17.6 Å². The van der Waals surface area contributed by atoms with Crippen LogP contribution in [0.2, 0.25) is 0 Å². The number of nitrogens with two attached hydrogens (primary N) is 1. The maximum absolute atomic E-state index is 14.7. The first-order valence-electron chi connectivity index (χ1n) is 8.91. The molecule has 1 aliphatic heterocycles. The molecule has 3 N–H and O–H groups in total. The largest absolute Gasteiger partial charge is 0.369 e. The van der Waals surface area contributed by atoms with Crippen molar-refractivity contribution < 1.29 is 13.4 Å². The van der Waals surface area contributed by atoms with E-state index in [1.807, 2.05) is 11.6 Å². The number of aliphatic imine (C=N–C) groups is 1. The van der Waals surface area contributed by atoms with Crippen molar-refractivity contribution in [3.05, 3.63) is 53.0 Å². The number of hydrogen-bond donors (Lipinski definition) is 2. The first kappa shape index (κ1) is 18.3. The fraction of sp³-hybridized carbons (Fsp3) is 0.278. The first-order valence-corrected chi connectivity index (χ1v) is 10.9. The third-order valence-electron chi connectivity index (χ3n) is 5.30. The lowest BCUT2D eigenvalue weighted by Gasteiger charge is -2.34. The lowest BCUT2D eigenvalue weighted by atomic mass is 10.0. The minimum Gasteiger partial charge on any atom is -0.369 e. The molecule has 29 heavy (non-hydrogen) atoms. The summed E-state index contributed by atoms with van der Waals surface area (Å²) in [4.78, 5) is 22.0. The number of carbonyl (C=O) groups is 1. The second kappa shape index (κ2) is 6.36. The van der Waals surface area contributed by atoms with E-state index < -0.39 is 33.5 Å². The highest BCUT2D eigenvalue weighted by atomic mass is 32.2. The third kappa shape index (κ3) is 2.84. The molecule has 0 radical (unpaired) electrons. The highest BCUT2D eigenvalue weighted by molar-refractivity contribution is 7.85. The van der Waals surface area contributed by atoms with Crippen molar-refractivity contribution in [2.24, 2.45) is 10.7 Å². The van der Waals surface area contributed by atoms with Crippen LogP contribution in [0.25, 0.3) is 4.96 Å². The average molecular weight is 433 g/mol. The number of benzene rings is 1. The number of imidazole rings is 1. The molecule has 11 heteroatoms. The van der Waals surface area contributed by atoms with Crippen LogP contribution < -0.4 is 11.1 Å². The number of amides is 1. The van der Waals surface area contributed by atoms with Crippen LogP contribution >= 0.6 is 11.3 Å². The average Bonchev–Trinajstić information content (AvgIpc) is 3.19. The Kier molecular flexibility index (Phi) is 4.00. The van der Waals surface area contributed by atoms with E-state index in [-0.39, 0.29) is 17.2 Å². The Hall–Kier alpha value is -2.79. The predicted octanol–water partition coefficient (Wildman–Crippen LogP) is 2.28. The molecule has 1 amide bonds. The number of thiazole rings is 1. The summed E-state index contributed by atoms with van der Waals surface area (Å²) in [6, 6.07) is 3.64. The molecular formula is C18H17FN6O2S2. The van der Waals surface area contributed by atoms with Crippen molar-refractivity contribution in [3.8, 4) is 0 Å². The Labute approximate surface area is 171 Å². The quantitative estimate of drug-likeness (QED) is 0.662. The van der Waals surface area contributed by atoms with Crippen molar-refractivity contribution in [1.82, 2.24) is 13.7 Å². The summed E-state index contributed by atoms with van der Waals surface area (Å²) in [6.07, 6.45) is 4.80. The topological polar surface area (TPSA) is 105 Å². The summed E-state index contributed by atoms with van der Waals surface area (Å²) in [6.45, 7) is 0. The van der Waals surface area contributed by atoms with Gasteiger partial charge in [0.05, 0.1) is 4.75 Å². The Bertz CT molecular complexity index is 1170. The fourth-order valence-corrected chi connectivity index (χ4v) is 5.86. The van der Waals surface area contributed by atoms with Crippen LogP contribution in [-0.4, -0.2) is 41.6 Å². The van der Waals surface area contributed by atoms with Gasteiger partial charge in [-0.25, -0.2) is 18.6 Å². The summed E-state index contributed by atoms with van der Waals surface area (Å²) >= 11 is 1.43. The van der Waals surface area contributed by atoms with Gasteiger partial charge in [0.25, 0.3) is 5.91 Å². The van der Waals surface area contributed by atoms with Crippen LogP contribution in [0.15, 0.2) is 41.0 Å². The van der Waals surface area contributed by atoms with Crippen LogP contribution in [0.3, 0.4) is 0 Å². The van der Waals surface area contributed by atoms with Crippen LogP contribution in [0.5, 0.6) is 0 Å². The Morgan fingerprint density at radius 1 is 1.45 bits per heavy atom. The normalized spacial score (nSPS) is 22.7. The molecule has 5 rings (SSSR count). The molecule has 1 saturated carbocycles. The number of rotatable bonds is 3. The van der Waals surface area contributed by atoms with Crippen molar-refractivity contribution in [2.45, 2.75) is 23.6 Å². The van der Waals surface area contributed by atoms with Crippen molar-refractivity contribution in [2.75, 3.05) is 12.4 Å². The molecule has 2 aromatic heterocycles. The zero-order valence-corrected chi connectivity index (χ0v) is 17.0. The number of nitrogens with one attached hydrogen (secondary N) is 1. The van der Waals surface area contributed by atoms with Gasteiger partial charge < -0.3 is 11.1 Å². The third-order valence-corrected chi connectivity index (χ3v) is 8.08. The number of nitrogens with zero attached hydrogens (tertiary/aromatic N) is 4. The van der Waals surface area contributed by atoms with Gasteiger partial charge >= 0.3 is 0 Å². The number of hydrogen-bond acceptors (Lipinski definition) is 6. The lowest BCUT2D eigenvalue weighted by Crippen LogP contribution is -2.47. The Balaban J connectivity index is 1.47. The molecule has 2 unspecified atom stereocenters. The molecule has 1 aliphatic carbocycles. The predicted molar refractivity (Wildman–Crippen MR) is 110 cm³/mol. The zero-order valence-electron chi connectivity index (χ0n) is 15.3. The van der Waals surface area contributed by atoms with Crippen LogP contribution in [-0.2, 0) is 11.0 Å². The van der Waals surface area contributed by atoms with Gasteiger partial charge in [-0.1, -0.05) is 0 Å². The van der Waals surface area contributed by atoms with Crippen molar-refractivity contribution in [1.29, 1.82) is 0 Å². The molecule has 1 aromatic carbocycles. The van der Waals surface area contributed by atoms with E-state index in [9.17, 15) is 13.4 Å². The molecular weight excluding hydrogens is 415 g/mol. The monoisotopic (exact) mass is 432 g/mol. The molecule has 1 fully saturated rings. The number of anilines is 1. The van der Waals surface area contributed by atoms with E-state index in [4.69, 9.17) is 5.73 Å². The molecule has 1 spiro atoms. The van der Waals surface area contributed by atoms with E-state index in [1.165, 1.54) is 33.8 Å². The molecule has 0 bridgehead atoms. The summed E-state index contributed by atoms with van der Waals surface area (Å²) < 4.78 is 30.0. The van der Waals surface area contributed by atoms with Crippen LogP contribution in [0, 0.1) is 5.82 Å². The first-order chi connectivity index (χ1) is 13.9. The summed E-state index contributed by atoms with van der Waals surface area (Å²) in [5, 5.41) is 4.63. The SMILES string of the molecule is CN1C(N)=NC(c2cc(NC(=O)c3cn4ccsc4n3)ccc2F)C2(CC2)S1=O. The maximum atomic E-state index is 14.7. The minimum absolute atomic E-state index is 0.109. The fourth-order valence-electron chi connectivity index (χ4n) is 3.57. The van der Waals surface area contributed by atoms with Gasteiger partial charge in [0, 0.05) is 36.1 Å². The smallest absolute Gasteiger partial charge is 0.275 e. The molecule has 3 heterocycles. The second-order valence-corrected chi connectivity index (χ2v) is 9.84. The van der Waals surface area contributed by atoms with Gasteiger partial charge in [0.15, 0.2) is 4.96 Å². The summed E-state index contributed by atoms with van der Waals surface area (Å²) in [5.74, 6) is -0.757. The van der Waals surface area contributed by atoms with Gasteiger partial charge in [-0.3, -0.25) is 13.5 Å².